The summed E-state index contributed by atoms with van der Waals surface area (Å²) in [4.78, 5) is 0. The molecule has 0 saturated carbocycles. The van der Waals surface area contributed by atoms with Gasteiger partial charge in [-0.3, -0.25) is 4.68 Å². The molecule has 102 valence electrons. The Morgan fingerprint density at radius 1 is 1.56 bits per heavy atom. The van der Waals surface area contributed by atoms with Gasteiger partial charge in [0.2, 0.25) is 0 Å². The molecule has 1 aromatic rings. The Morgan fingerprint density at radius 2 is 2.33 bits per heavy atom. The molecule has 2 heterocycles. The molecule has 4 heteroatoms. The molecule has 4 nitrogen and oxygen atoms in total. The highest BCUT2D eigenvalue weighted by atomic mass is 16.5. The number of aryl methyl sites for hydroxylation is 2. The number of hydrogen-bond donors (Lipinski definition) is 1. The van der Waals surface area contributed by atoms with Crippen LogP contribution in [0, 0.1) is 12.8 Å². The highest BCUT2D eigenvalue weighted by molar-refractivity contribution is 5.11. The smallest absolute Gasteiger partial charge is 0.0616 e. The van der Waals surface area contributed by atoms with Crippen molar-refractivity contribution in [1.82, 2.24) is 9.78 Å². The zero-order valence-corrected chi connectivity index (χ0v) is 11.7. The van der Waals surface area contributed by atoms with Crippen molar-refractivity contribution in [3.63, 3.8) is 0 Å². The minimum absolute atomic E-state index is 0.179. The second-order valence-electron chi connectivity index (χ2n) is 5.23. The van der Waals surface area contributed by atoms with E-state index >= 15 is 0 Å². The molecule has 2 rings (SSSR count). The molecule has 1 aliphatic heterocycles. The normalized spacial score (nSPS) is 25.6. The summed E-state index contributed by atoms with van der Waals surface area (Å²) in [5.41, 5.74) is 8.72. The van der Waals surface area contributed by atoms with E-state index in [9.17, 15) is 0 Å². The number of nitrogens with zero attached hydrogens (tertiary/aromatic N) is 2. The third-order valence-corrected chi connectivity index (χ3v) is 3.94. The summed E-state index contributed by atoms with van der Waals surface area (Å²) in [5, 5.41) is 4.48. The predicted octanol–water partition coefficient (Wildman–Crippen LogP) is 1.90. The van der Waals surface area contributed by atoms with Gasteiger partial charge in [0.25, 0.3) is 0 Å². The van der Waals surface area contributed by atoms with Crippen molar-refractivity contribution in [2.75, 3.05) is 6.61 Å². The van der Waals surface area contributed by atoms with Crippen molar-refractivity contribution in [3.05, 3.63) is 17.5 Å². The fraction of sp³-hybridized carbons (Fsp3) is 0.786. The van der Waals surface area contributed by atoms with Crippen molar-refractivity contribution in [1.29, 1.82) is 0 Å². The Hall–Kier alpha value is -0.870. The number of nitrogens with two attached hydrogens (primary N) is 1. The summed E-state index contributed by atoms with van der Waals surface area (Å²) in [6.45, 7) is 8.11. The van der Waals surface area contributed by atoms with Crippen LogP contribution in [0.1, 0.15) is 38.1 Å². The van der Waals surface area contributed by atoms with Gasteiger partial charge in [0.1, 0.15) is 0 Å². The molecule has 1 aromatic heterocycles. The van der Waals surface area contributed by atoms with Crippen LogP contribution in [0.5, 0.6) is 0 Å². The first kappa shape index (κ1) is 13.6. The molecule has 0 spiro atoms. The summed E-state index contributed by atoms with van der Waals surface area (Å²) in [5.74, 6) is 0.496. The summed E-state index contributed by atoms with van der Waals surface area (Å²) in [6, 6.07) is 2.33. The second kappa shape index (κ2) is 5.85. The first-order valence-corrected chi connectivity index (χ1v) is 7.06. The summed E-state index contributed by atoms with van der Waals surface area (Å²) in [7, 11) is 0. The van der Waals surface area contributed by atoms with Crippen LogP contribution in [0.4, 0.5) is 0 Å². The van der Waals surface area contributed by atoms with Crippen molar-refractivity contribution in [3.8, 4) is 0 Å². The van der Waals surface area contributed by atoms with Crippen molar-refractivity contribution >= 4 is 0 Å². The van der Waals surface area contributed by atoms with Gasteiger partial charge in [-0.1, -0.05) is 6.92 Å². The van der Waals surface area contributed by atoms with Gasteiger partial charge in [-0.15, -0.1) is 0 Å². The van der Waals surface area contributed by atoms with Gasteiger partial charge >= 0.3 is 0 Å². The van der Waals surface area contributed by atoms with Gasteiger partial charge in [-0.25, -0.2) is 0 Å². The third-order valence-electron chi connectivity index (χ3n) is 3.94. The van der Waals surface area contributed by atoms with Gasteiger partial charge in [-0.2, -0.15) is 5.10 Å². The standard InChI is InChI=1S/C14H25N3O/c1-4-14-12(6-7-18-14)13(15)9-11-8-10(3)16-17(11)5-2/h8,12-14H,4-7,9,15H2,1-3H3. The zero-order valence-electron chi connectivity index (χ0n) is 11.7. The Labute approximate surface area is 110 Å². The van der Waals surface area contributed by atoms with E-state index in [-0.39, 0.29) is 6.04 Å². The second-order valence-corrected chi connectivity index (χ2v) is 5.23. The number of ether oxygens (including phenoxy) is 1. The van der Waals surface area contributed by atoms with Gasteiger partial charge in [0.15, 0.2) is 0 Å². The quantitative estimate of drug-likeness (QED) is 0.869. The van der Waals surface area contributed by atoms with Crippen molar-refractivity contribution in [2.24, 2.45) is 11.7 Å². The molecule has 2 N–H and O–H groups in total. The fourth-order valence-electron chi connectivity index (χ4n) is 3.01. The van der Waals surface area contributed by atoms with E-state index in [1.165, 1.54) is 5.69 Å². The van der Waals surface area contributed by atoms with Gasteiger partial charge in [0, 0.05) is 37.2 Å². The maximum atomic E-state index is 6.39. The van der Waals surface area contributed by atoms with E-state index in [0.717, 1.165) is 38.1 Å². The lowest BCUT2D eigenvalue weighted by Crippen LogP contribution is -2.37. The minimum Gasteiger partial charge on any atom is -0.378 e. The zero-order chi connectivity index (χ0) is 13.1. The number of rotatable bonds is 5. The lowest BCUT2D eigenvalue weighted by Gasteiger charge is -2.23. The molecule has 0 bridgehead atoms. The molecular formula is C14H25N3O. The summed E-state index contributed by atoms with van der Waals surface area (Å²) < 4.78 is 7.79. The molecule has 0 aliphatic carbocycles. The monoisotopic (exact) mass is 251 g/mol. The maximum absolute atomic E-state index is 6.39. The van der Waals surface area contributed by atoms with Crippen molar-refractivity contribution < 1.29 is 4.74 Å². The average molecular weight is 251 g/mol. The fourth-order valence-corrected chi connectivity index (χ4v) is 3.01. The highest BCUT2D eigenvalue weighted by Gasteiger charge is 2.32. The van der Waals surface area contributed by atoms with Crippen LogP contribution in [0.25, 0.3) is 0 Å². The van der Waals surface area contributed by atoms with Crippen LogP contribution >= 0.6 is 0 Å². The Bertz CT molecular complexity index is 388. The molecule has 1 fully saturated rings. The first-order chi connectivity index (χ1) is 8.65. The molecule has 1 saturated heterocycles. The first-order valence-electron chi connectivity index (χ1n) is 7.06. The van der Waals surface area contributed by atoms with E-state index in [1.807, 2.05) is 6.92 Å². The molecule has 3 atom stereocenters. The lowest BCUT2D eigenvalue weighted by molar-refractivity contribution is 0.0812. The van der Waals surface area contributed by atoms with E-state index in [0.29, 0.717) is 12.0 Å². The third kappa shape index (κ3) is 2.75. The van der Waals surface area contributed by atoms with E-state index < -0.39 is 0 Å². The van der Waals surface area contributed by atoms with Crippen LogP contribution in [0.15, 0.2) is 6.07 Å². The summed E-state index contributed by atoms with van der Waals surface area (Å²) >= 11 is 0. The number of hydrogen-bond acceptors (Lipinski definition) is 3. The SMILES string of the molecule is CCC1OCCC1C(N)Cc1cc(C)nn1CC. The Balaban J connectivity index is 2.03. The Kier molecular flexibility index (Phi) is 4.40. The van der Waals surface area contributed by atoms with E-state index in [1.54, 1.807) is 0 Å². The minimum atomic E-state index is 0.179. The molecule has 3 unspecified atom stereocenters. The lowest BCUT2D eigenvalue weighted by atomic mass is 9.89. The van der Waals surface area contributed by atoms with Gasteiger partial charge < -0.3 is 10.5 Å². The van der Waals surface area contributed by atoms with Crippen LogP contribution in [-0.2, 0) is 17.7 Å². The molecule has 0 aromatic carbocycles. The molecule has 18 heavy (non-hydrogen) atoms. The molecule has 0 amide bonds. The van der Waals surface area contributed by atoms with Crippen LogP contribution in [-0.4, -0.2) is 28.5 Å². The van der Waals surface area contributed by atoms with Crippen LogP contribution in [0.2, 0.25) is 0 Å². The molecule has 1 aliphatic rings. The maximum Gasteiger partial charge on any atom is 0.0616 e. The van der Waals surface area contributed by atoms with E-state index in [2.05, 4.69) is 29.7 Å². The molecular weight excluding hydrogens is 226 g/mol. The predicted molar refractivity (Wildman–Crippen MR) is 72.5 cm³/mol. The Morgan fingerprint density at radius 3 is 3.00 bits per heavy atom. The number of aromatic nitrogens is 2. The summed E-state index contributed by atoms with van der Waals surface area (Å²) in [6.07, 6.45) is 3.40. The highest BCUT2D eigenvalue weighted by Crippen LogP contribution is 2.27. The van der Waals surface area contributed by atoms with Gasteiger partial charge in [-0.05, 0) is 32.8 Å². The van der Waals surface area contributed by atoms with E-state index in [4.69, 9.17) is 10.5 Å². The van der Waals surface area contributed by atoms with Crippen LogP contribution < -0.4 is 5.73 Å². The molecule has 0 radical (unpaired) electrons. The largest absolute Gasteiger partial charge is 0.378 e. The van der Waals surface area contributed by atoms with Crippen molar-refractivity contribution in [2.45, 2.75) is 58.7 Å². The van der Waals surface area contributed by atoms with Gasteiger partial charge in [0.05, 0.1) is 11.8 Å². The van der Waals surface area contributed by atoms with Crippen LogP contribution in [0.3, 0.4) is 0 Å². The topological polar surface area (TPSA) is 53.1 Å². The average Bonchev–Trinajstić information content (AvgIpc) is 2.95.